The van der Waals surface area contributed by atoms with E-state index in [0.717, 1.165) is 23.1 Å². The van der Waals surface area contributed by atoms with E-state index in [4.69, 9.17) is 21.6 Å². The Kier molecular flexibility index (Phi) is 7.90. The Morgan fingerprint density at radius 3 is 2.31 bits per heavy atom. The van der Waals surface area contributed by atoms with Crippen LogP contribution in [0.3, 0.4) is 0 Å². The molecule has 196 valence electrons. The number of carbonyl (C=O) groups excluding carboxylic acids is 1. The molecule has 2 heterocycles. The highest BCUT2D eigenvalue weighted by Gasteiger charge is 2.37. The van der Waals surface area contributed by atoms with Crippen LogP contribution in [-0.2, 0) is 0 Å². The van der Waals surface area contributed by atoms with Crippen molar-refractivity contribution in [1.29, 1.82) is 5.26 Å². The molecule has 1 aliphatic heterocycles. The van der Waals surface area contributed by atoms with Crippen LogP contribution in [0.1, 0.15) is 40.7 Å². The van der Waals surface area contributed by atoms with Gasteiger partial charge in [0.25, 0.3) is 5.91 Å². The summed E-state index contributed by atoms with van der Waals surface area (Å²) in [6, 6.07) is 27.0. The molecular formula is C32H27ClFN3O2. The maximum Gasteiger partial charge on any atom is 0.253 e. The number of piperidine rings is 1. The van der Waals surface area contributed by atoms with Gasteiger partial charge < -0.3 is 9.64 Å². The van der Waals surface area contributed by atoms with Crippen LogP contribution >= 0.6 is 11.6 Å². The molecule has 0 N–H and O–H groups in total. The number of hydrogen-bond acceptors (Lipinski definition) is 4. The molecule has 1 amide bonds. The number of aromatic nitrogens is 1. The summed E-state index contributed by atoms with van der Waals surface area (Å²) in [4.78, 5) is 19.7. The van der Waals surface area contributed by atoms with Crippen LogP contribution in [0.15, 0.2) is 91.1 Å². The van der Waals surface area contributed by atoms with Crippen LogP contribution in [0.4, 0.5) is 4.39 Å². The number of hydrogen-bond donors (Lipinski definition) is 0. The first-order chi connectivity index (χ1) is 18.9. The molecule has 0 spiro atoms. The third-order valence-corrected chi connectivity index (χ3v) is 7.59. The predicted molar refractivity (Wildman–Crippen MR) is 149 cm³/mol. The molecule has 1 aliphatic rings. The van der Waals surface area contributed by atoms with Crippen LogP contribution in [-0.4, -0.2) is 35.0 Å². The average Bonchev–Trinajstić information content (AvgIpc) is 2.98. The van der Waals surface area contributed by atoms with Gasteiger partial charge in [-0.2, -0.15) is 5.26 Å². The molecule has 1 saturated heterocycles. The highest BCUT2D eigenvalue weighted by atomic mass is 35.5. The Bertz CT molecular complexity index is 1470. The normalized spacial score (nSPS) is 17.7. The van der Waals surface area contributed by atoms with E-state index >= 15 is 0 Å². The zero-order chi connectivity index (χ0) is 27.4. The van der Waals surface area contributed by atoms with E-state index in [0.29, 0.717) is 35.1 Å². The topological polar surface area (TPSA) is 66.2 Å². The molecule has 3 atom stereocenters. The number of ether oxygens (including phenoxy) is 1. The number of pyridine rings is 1. The molecular weight excluding hydrogens is 513 g/mol. The predicted octanol–water partition coefficient (Wildman–Crippen LogP) is 7.13. The number of nitriles is 1. The molecule has 4 aromatic rings. The number of rotatable bonds is 6. The van der Waals surface area contributed by atoms with Gasteiger partial charge in [-0.25, -0.2) is 9.37 Å². The number of amides is 1. The molecule has 1 fully saturated rings. The Morgan fingerprint density at radius 2 is 1.69 bits per heavy atom. The maximum atomic E-state index is 13.5. The van der Waals surface area contributed by atoms with Gasteiger partial charge in [-0.3, -0.25) is 4.79 Å². The van der Waals surface area contributed by atoms with Gasteiger partial charge in [0, 0.05) is 47.8 Å². The van der Waals surface area contributed by atoms with Crippen molar-refractivity contribution in [2.45, 2.75) is 25.4 Å². The molecule has 0 aliphatic carbocycles. The molecule has 7 heteroatoms. The maximum absolute atomic E-state index is 13.5. The van der Waals surface area contributed by atoms with Gasteiger partial charge in [0.1, 0.15) is 18.0 Å². The Labute approximate surface area is 232 Å². The minimum Gasteiger partial charge on any atom is -0.474 e. The van der Waals surface area contributed by atoms with E-state index in [1.165, 1.54) is 18.3 Å². The standard InChI is InChI=1S/C32H27ClFN3O2/c1-21(39-31-15-2-22(18-35)19-36-31)29-16-17-37(20-30(29)25-7-11-27(33)12-8-25)32(38)26-5-3-23(4-6-26)24-9-13-28(34)14-10-24/h2-15,19,21,29-30H,16-17,20H2,1H3/t21-,29+,30+/m0/s1. The van der Waals surface area contributed by atoms with E-state index in [9.17, 15) is 9.18 Å². The number of nitrogens with zero attached hydrogens (tertiary/aromatic N) is 3. The van der Waals surface area contributed by atoms with Crippen LogP contribution in [0.2, 0.25) is 5.02 Å². The van der Waals surface area contributed by atoms with Crippen molar-refractivity contribution < 1.29 is 13.9 Å². The van der Waals surface area contributed by atoms with E-state index < -0.39 is 0 Å². The lowest BCUT2D eigenvalue weighted by molar-refractivity contribution is 0.0484. The van der Waals surface area contributed by atoms with Gasteiger partial charge >= 0.3 is 0 Å². The van der Waals surface area contributed by atoms with Gasteiger partial charge in [0.05, 0.1) is 5.56 Å². The Balaban J connectivity index is 1.34. The number of likely N-dealkylation sites (tertiary alicyclic amines) is 1. The minimum atomic E-state index is -0.280. The van der Waals surface area contributed by atoms with E-state index in [2.05, 4.69) is 11.1 Å². The summed E-state index contributed by atoms with van der Waals surface area (Å²) in [5.74, 6) is 0.328. The zero-order valence-corrected chi connectivity index (χ0v) is 22.2. The van der Waals surface area contributed by atoms with Gasteiger partial charge in [-0.15, -0.1) is 0 Å². The smallest absolute Gasteiger partial charge is 0.253 e. The summed E-state index contributed by atoms with van der Waals surface area (Å²) in [5.41, 5.74) is 4.00. The summed E-state index contributed by atoms with van der Waals surface area (Å²) in [7, 11) is 0. The van der Waals surface area contributed by atoms with Crippen molar-refractivity contribution in [3.63, 3.8) is 0 Å². The third-order valence-electron chi connectivity index (χ3n) is 7.34. The summed E-state index contributed by atoms with van der Waals surface area (Å²) < 4.78 is 19.5. The lowest BCUT2D eigenvalue weighted by Crippen LogP contribution is -2.46. The molecule has 5 rings (SSSR count). The highest BCUT2D eigenvalue weighted by molar-refractivity contribution is 6.30. The molecule has 0 radical (unpaired) electrons. The quantitative estimate of drug-likeness (QED) is 0.261. The lowest BCUT2D eigenvalue weighted by atomic mass is 9.77. The summed E-state index contributed by atoms with van der Waals surface area (Å²) >= 11 is 6.17. The average molecular weight is 540 g/mol. The summed E-state index contributed by atoms with van der Waals surface area (Å²) in [5, 5.41) is 9.70. The van der Waals surface area contributed by atoms with Gasteiger partial charge in [0.15, 0.2) is 0 Å². The number of carbonyl (C=O) groups is 1. The van der Waals surface area contributed by atoms with E-state index in [1.54, 1.807) is 24.3 Å². The van der Waals surface area contributed by atoms with E-state index in [-0.39, 0.29) is 29.7 Å². The van der Waals surface area contributed by atoms with Crippen LogP contribution in [0, 0.1) is 23.1 Å². The van der Waals surface area contributed by atoms with Gasteiger partial charge in [-0.1, -0.05) is 48.0 Å². The van der Waals surface area contributed by atoms with Crippen molar-refractivity contribution in [2.75, 3.05) is 13.1 Å². The Hall–Kier alpha value is -4.21. The number of benzene rings is 3. The fourth-order valence-electron chi connectivity index (χ4n) is 5.20. The third kappa shape index (κ3) is 6.10. The molecule has 5 nitrogen and oxygen atoms in total. The lowest BCUT2D eigenvalue weighted by Gasteiger charge is -2.41. The number of halogens is 2. The van der Waals surface area contributed by atoms with Gasteiger partial charge in [-0.05, 0) is 72.5 Å². The molecule has 3 aromatic carbocycles. The Morgan fingerprint density at radius 1 is 1.03 bits per heavy atom. The summed E-state index contributed by atoms with van der Waals surface area (Å²) in [6.45, 7) is 3.17. The fourth-order valence-corrected chi connectivity index (χ4v) is 5.33. The second kappa shape index (κ2) is 11.7. The second-order valence-corrected chi connectivity index (χ2v) is 10.2. The van der Waals surface area contributed by atoms with Crippen molar-refractivity contribution in [3.8, 4) is 23.1 Å². The first-order valence-corrected chi connectivity index (χ1v) is 13.2. The second-order valence-electron chi connectivity index (χ2n) is 9.77. The van der Waals surface area contributed by atoms with Gasteiger partial charge in [0.2, 0.25) is 5.88 Å². The van der Waals surface area contributed by atoms with Crippen LogP contribution < -0.4 is 4.74 Å². The van der Waals surface area contributed by atoms with Crippen LogP contribution in [0.5, 0.6) is 5.88 Å². The molecule has 0 unspecified atom stereocenters. The molecule has 1 aromatic heterocycles. The van der Waals surface area contributed by atoms with Crippen molar-refractivity contribution in [3.05, 3.63) is 119 Å². The first-order valence-electron chi connectivity index (χ1n) is 12.8. The highest BCUT2D eigenvalue weighted by Crippen LogP contribution is 2.37. The molecule has 0 saturated carbocycles. The molecule has 0 bridgehead atoms. The van der Waals surface area contributed by atoms with Crippen molar-refractivity contribution >= 4 is 17.5 Å². The monoisotopic (exact) mass is 539 g/mol. The fraction of sp³-hybridized carbons (Fsp3) is 0.219. The minimum absolute atomic E-state index is 0.0274. The summed E-state index contributed by atoms with van der Waals surface area (Å²) in [6.07, 6.45) is 2.09. The SMILES string of the molecule is C[C@H](Oc1ccc(C#N)cn1)[C@H]1CCN(C(=O)c2ccc(-c3ccc(F)cc3)cc2)C[C@@H]1c1ccc(Cl)cc1. The molecule has 39 heavy (non-hydrogen) atoms. The van der Waals surface area contributed by atoms with Crippen molar-refractivity contribution in [2.24, 2.45) is 5.92 Å². The zero-order valence-electron chi connectivity index (χ0n) is 21.4. The van der Waals surface area contributed by atoms with Crippen LogP contribution in [0.25, 0.3) is 11.1 Å². The first kappa shape index (κ1) is 26.4. The van der Waals surface area contributed by atoms with E-state index in [1.807, 2.05) is 60.4 Å². The largest absolute Gasteiger partial charge is 0.474 e. The van der Waals surface area contributed by atoms with Crippen molar-refractivity contribution in [1.82, 2.24) is 9.88 Å².